The monoisotopic (exact) mass is 929 g/mol. The van der Waals surface area contributed by atoms with Gasteiger partial charge >= 0.3 is 17.8 Å². The number of rotatable bonds is 19. The van der Waals surface area contributed by atoms with Crippen molar-refractivity contribution in [1.82, 2.24) is 20.2 Å². The lowest BCUT2D eigenvalue weighted by Gasteiger charge is -2.37. The van der Waals surface area contributed by atoms with E-state index >= 15 is 0 Å². The number of hydrogen-bond acceptors (Lipinski definition) is 14. The third-order valence-corrected chi connectivity index (χ3v) is 12.0. The number of amides is 2. The highest BCUT2D eigenvalue weighted by atomic mass is 16.8. The summed E-state index contributed by atoms with van der Waals surface area (Å²) < 4.78 is 58.9. The maximum atomic E-state index is 14.7. The van der Waals surface area contributed by atoms with E-state index in [4.69, 9.17) is 42.6 Å². The Labute approximate surface area is 387 Å². The predicted molar refractivity (Wildman–Crippen MR) is 241 cm³/mol. The lowest BCUT2D eigenvalue weighted by molar-refractivity contribution is -0.275. The van der Waals surface area contributed by atoms with E-state index in [1.807, 2.05) is 26.0 Å². The Morgan fingerprint density at radius 1 is 0.788 bits per heavy atom. The Morgan fingerprint density at radius 3 is 2.06 bits per heavy atom. The summed E-state index contributed by atoms with van der Waals surface area (Å²) in [5, 5.41) is 5.68. The number of aromatic nitrogens is 2. The Hall–Kier alpha value is -4.17. The first-order valence-corrected chi connectivity index (χ1v) is 23.6. The third kappa shape index (κ3) is 12.7. The Balaban J connectivity index is 1.38. The average Bonchev–Trinajstić information content (AvgIpc) is 3.96. The number of carbonyl (C=O) groups excluding carboxylic acids is 3. The molecule has 4 fully saturated rings. The normalized spacial score (nSPS) is 27.4. The molecule has 0 radical (unpaired) electrons. The highest BCUT2D eigenvalue weighted by molar-refractivity contribution is 5.97. The molecule has 0 aliphatic carbocycles. The molecule has 2 amide bonds. The van der Waals surface area contributed by atoms with Gasteiger partial charge in [-0.15, -0.1) is 0 Å². The molecule has 6 rings (SSSR count). The molecule has 66 heavy (non-hydrogen) atoms. The molecule has 18 heteroatoms. The number of fused-ring (bicyclic) bond motifs is 2. The second-order valence-corrected chi connectivity index (χ2v) is 20.1. The molecule has 4 aliphatic heterocycles. The third-order valence-electron chi connectivity index (χ3n) is 12.0. The molecule has 10 atom stereocenters. The molecule has 368 valence electrons. The topological polar surface area (TPSA) is 213 Å². The van der Waals surface area contributed by atoms with Crippen LogP contribution in [0.4, 0.5) is 4.79 Å². The summed E-state index contributed by atoms with van der Waals surface area (Å²) in [5.41, 5.74) is -1.81. The quantitative estimate of drug-likeness (QED) is 0.110. The number of esters is 1. The van der Waals surface area contributed by atoms with E-state index in [1.54, 1.807) is 67.5 Å². The van der Waals surface area contributed by atoms with Crippen LogP contribution in [0.1, 0.15) is 150 Å². The molecule has 18 nitrogen and oxygen atoms in total. The van der Waals surface area contributed by atoms with Gasteiger partial charge in [0.05, 0.1) is 0 Å². The van der Waals surface area contributed by atoms with Gasteiger partial charge in [0.25, 0.3) is 11.5 Å². The highest BCUT2D eigenvalue weighted by Crippen LogP contribution is 2.47. The number of H-pyrrole nitrogens is 1. The maximum absolute atomic E-state index is 14.7. The van der Waals surface area contributed by atoms with Gasteiger partial charge < -0.3 is 53.3 Å². The molecule has 0 saturated carbocycles. The summed E-state index contributed by atoms with van der Waals surface area (Å²) in [6.07, 6.45) is -0.357. The van der Waals surface area contributed by atoms with Crippen molar-refractivity contribution < 1.29 is 57.0 Å². The van der Waals surface area contributed by atoms with Gasteiger partial charge in [-0.2, -0.15) is 0 Å². The first-order chi connectivity index (χ1) is 31.0. The smallest absolute Gasteiger partial charge is 0.407 e. The number of hydrogen-bond donors (Lipinski definition) is 3. The van der Waals surface area contributed by atoms with Crippen LogP contribution in [0.5, 0.6) is 0 Å². The second kappa shape index (κ2) is 21.0. The molecular formula is C48H72N4O14. The standard InChI is InChI=1S/C48H72N4O14/c1-12-15-16-17-18-19-20-28-21-23-29(24-22-28)39(54)51-32(41(55)65-45(4,5)6)34(35-36-37(62-47(10,11)61-36)40(59-35)52-26-25-31(53)50-43(52)56)60-42-38-33(63-48(13-2,14-3)64-38)30(58-42)27-49-44(57)66-46(7,8)9/h21-26,30,32-38,40,42H,12-20,27H2,1-11H3,(H,49,57)(H,51,54)(H,50,53,56)/t30-,32+,33-,34+,35-,36-,37-,38-,40-,42+/m1/s1. The van der Waals surface area contributed by atoms with E-state index in [-0.39, 0.29) is 12.1 Å². The average molecular weight is 929 g/mol. The van der Waals surface area contributed by atoms with Crippen LogP contribution in [0.15, 0.2) is 46.1 Å². The minimum atomic E-state index is -1.60. The first-order valence-electron chi connectivity index (χ1n) is 23.6. The van der Waals surface area contributed by atoms with E-state index in [0.29, 0.717) is 12.8 Å². The summed E-state index contributed by atoms with van der Waals surface area (Å²) in [7, 11) is 0. The molecule has 2 aromatic rings. The molecule has 1 aromatic heterocycles. The van der Waals surface area contributed by atoms with Gasteiger partial charge in [0.15, 0.2) is 30.1 Å². The molecule has 0 spiro atoms. The summed E-state index contributed by atoms with van der Waals surface area (Å²) in [5.74, 6) is -3.70. The van der Waals surface area contributed by atoms with E-state index < -0.39 is 113 Å². The Kier molecular flexibility index (Phi) is 16.3. The van der Waals surface area contributed by atoms with Crippen LogP contribution in [-0.4, -0.2) is 112 Å². The van der Waals surface area contributed by atoms with Crippen molar-refractivity contribution in [2.75, 3.05) is 6.54 Å². The molecule has 3 N–H and O–H groups in total. The zero-order valence-corrected chi connectivity index (χ0v) is 40.5. The Morgan fingerprint density at radius 2 is 1.42 bits per heavy atom. The number of ether oxygens (including phenoxy) is 9. The Bertz CT molecular complexity index is 2090. The molecule has 4 saturated heterocycles. The predicted octanol–water partition coefficient (Wildman–Crippen LogP) is 5.93. The van der Waals surface area contributed by atoms with Crippen LogP contribution in [0.25, 0.3) is 0 Å². The van der Waals surface area contributed by atoms with Gasteiger partial charge in [0.1, 0.15) is 53.9 Å². The van der Waals surface area contributed by atoms with Crippen molar-refractivity contribution in [3.63, 3.8) is 0 Å². The van der Waals surface area contributed by atoms with Crippen molar-refractivity contribution in [1.29, 1.82) is 0 Å². The van der Waals surface area contributed by atoms with Gasteiger partial charge in [0.2, 0.25) is 0 Å². The number of nitrogens with one attached hydrogen (secondary N) is 3. The van der Waals surface area contributed by atoms with Crippen LogP contribution in [0, 0.1) is 0 Å². The number of benzene rings is 1. The van der Waals surface area contributed by atoms with E-state index in [9.17, 15) is 24.0 Å². The first kappa shape index (κ1) is 51.2. The molecule has 1 aromatic carbocycles. The molecule has 0 unspecified atom stereocenters. The number of unbranched alkanes of at least 4 members (excludes halogenated alkanes) is 5. The van der Waals surface area contributed by atoms with Crippen molar-refractivity contribution in [2.45, 2.75) is 218 Å². The molecule has 4 aliphatic rings. The van der Waals surface area contributed by atoms with Gasteiger partial charge in [-0.3, -0.25) is 19.1 Å². The lowest BCUT2D eigenvalue weighted by atomic mass is 9.98. The van der Waals surface area contributed by atoms with E-state index in [1.165, 1.54) is 42.5 Å². The van der Waals surface area contributed by atoms with E-state index in [0.717, 1.165) is 24.8 Å². The number of aryl methyl sites for hydroxylation is 1. The van der Waals surface area contributed by atoms with Crippen molar-refractivity contribution in [3.8, 4) is 0 Å². The molecule has 0 bridgehead atoms. The van der Waals surface area contributed by atoms with Crippen molar-refractivity contribution >= 4 is 18.0 Å². The largest absolute Gasteiger partial charge is 0.458 e. The summed E-state index contributed by atoms with van der Waals surface area (Å²) in [6, 6.07) is 6.81. The molecular weight excluding hydrogens is 857 g/mol. The zero-order valence-electron chi connectivity index (χ0n) is 40.5. The number of carbonyl (C=O) groups is 3. The zero-order chi connectivity index (χ0) is 48.2. The number of nitrogens with zero attached hydrogens (tertiary/aromatic N) is 1. The molecule has 5 heterocycles. The van der Waals surface area contributed by atoms with Crippen molar-refractivity contribution in [3.05, 3.63) is 68.5 Å². The summed E-state index contributed by atoms with van der Waals surface area (Å²) in [4.78, 5) is 69.7. The van der Waals surface area contributed by atoms with E-state index in [2.05, 4.69) is 22.5 Å². The highest BCUT2D eigenvalue weighted by Gasteiger charge is 2.63. The van der Waals surface area contributed by atoms with Crippen LogP contribution in [0.3, 0.4) is 0 Å². The van der Waals surface area contributed by atoms with Crippen LogP contribution < -0.4 is 21.9 Å². The van der Waals surface area contributed by atoms with Crippen LogP contribution in [-0.2, 0) is 53.8 Å². The number of aromatic amines is 1. The van der Waals surface area contributed by atoms with Gasteiger partial charge in [-0.05, 0) is 98.8 Å². The summed E-state index contributed by atoms with van der Waals surface area (Å²) in [6.45, 7) is 19.7. The fraction of sp³-hybridized carbons (Fsp3) is 0.729. The van der Waals surface area contributed by atoms with Gasteiger partial charge in [-0.1, -0.05) is 65.0 Å². The SMILES string of the molecule is CCCCCCCCc1ccc(C(=O)N[C@H](C(=O)OC(C)(C)C)[C@H](O[C@@H]2O[C@H](CNC(=O)OC(C)(C)C)[C@H]3OC(CC)(CC)O[C@@H]23)[C@H]2O[C@@H](n3ccc(=O)[nH]c3=O)[C@@H]3OC(C)(C)O[C@H]23)cc1. The van der Waals surface area contributed by atoms with Crippen LogP contribution in [0.2, 0.25) is 0 Å². The minimum absolute atomic E-state index is 0.0540. The maximum Gasteiger partial charge on any atom is 0.407 e. The minimum Gasteiger partial charge on any atom is -0.458 e. The summed E-state index contributed by atoms with van der Waals surface area (Å²) >= 11 is 0. The number of alkyl carbamates (subject to hydrolysis) is 1. The fourth-order valence-corrected chi connectivity index (χ4v) is 8.86. The van der Waals surface area contributed by atoms with Gasteiger partial charge in [-0.25, -0.2) is 14.4 Å². The second-order valence-electron chi connectivity index (χ2n) is 20.1. The van der Waals surface area contributed by atoms with Crippen molar-refractivity contribution in [2.24, 2.45) is 0 Å². The van der Waals surface area contributed by atoms with Crippen LogP contribution >= 0.6 is 0 Å². The fourth-order valence-electron chi connectivity index (χ4n) is 8.86. The van der Waals surface area contributed by atoms with Gasteiger partial charge in [0, 0.05) is 24.4 Å². The lowest BCUT2D eigenvalue weighted by Crippen LogP contribution is -2.59.